The lowest BCUT2D eigenvalue weighted by Crippen LogP contribution is -2.42. The van der Waals surface area contributed by atoms with E-state index in [1.165, 1.54) is 12.8 Å². The second kappa shape index (κ2) is 7.93. The fourth-order valence-corrected chi connectivity index (χ4v) is 1.71. The molecule has 0 atom stereocenters. The van der Waals surface area contributed by atoms with Crippen LogP contribution in [0.25, 0.3) is 0 Å². The van der Waals surface area contributed by atoms with E-state index in [-0.39, 0.29) is 11.4 Å². The molecule has 0 radical (unpaired) electrons. The Bertz CT molecular complexity index is 410. The van der Waals surface area contributed by atoms with Crippen molar-refractivity contribution in [2.24, 2.45) is 0 Å². The average molecular weight is 277 g/mol. The molecular formula is C17H27NO2. The lowest BCUT2D eigenvalue weighted by Gasteiger charge is -2.24. The maximum Gasteiger partial charge on any atom is 0.251 e. The Morgan fingerprint density at radius 3 is 2.35 bits per heavy atom. The summed E-state index contributed by atoms with van der Waals surface area (Å²) in [6, 6.07) is 7.35. The van der Waals surface area contributed by atoms with Crippen LogP contribution in [0.15, 0.2) is 24.3 Å². The zero-order valence-electron chi connectivity index (χ0n) is 13.2. The minimum Gasteiger partial charge on any atom is -0.494 e. The van der Waals surface area contributed by atoms with Crippen LogP contribution in [-0.4, -0.2) is 18.1 Å². The summed E-state index contributed by atoms with van der Waals surface area (Å²) in [4.78, 5) is 12.1. The van der Waals surface area contributed by atoms with Crippen LogP contribution in [0.3, 0.4) is 0 Å². The number of hydrogen-bond acceptors (Lipinski definition) is 2. The molecule has 112 valence electrons. The lowest BCUT2D eigenvalue weighted by atomic mass is 10.0. The number of rotatable bonds is 8. The van der Waals surface area contributed by atoms with E-state index in [9.17, 15) is 4.79 Å². The number of unbranched alkanes of at least 4 members (excludes halogenated alkanes) is 2. The van der Waals surface area contributed by atoms with Gasteiger partial charge in [0, 0.05) is 11.1 Å². The summed E-state index contributed by atoms with van der Waals surface area (Å²) in [6.07, 6.45) is 4.35. The molecule has 3 heteroatoms. The highest BCUT2D eigenvalue weighted by molar-refractivity contribution is 5.94. The van der Waals surface area contributed by atoms with Crippen LogP contribution in [-0.2, 0) is 0 Å². The van der Waals surface area contributed by atoms with Crippen LogP contribution in [0.1, 0.15) is 63.7 Å². The Hall–Kier alpha value is -1.51. The molecule has 0 aliphatic carbocycles. The monoisotopic (exact) mass is 277 g/mol. The van der Waals surface area contributed by atoms with E-state index in [1.54, 1.807) is 0 Å². The molecule has 0 fully saturated rings. The van der Waals surface area contributed by atoms with Crippen molar-refractivity contribution in [1.29, 1.82) is 0 Å². The highest BCUT2D eigenvalue weighted by Gasteiger charge is 2.18. The van der Waals surface area contributed by atoms with E-state index in [1.807, 2.05) is 38.1 Å². The van der Waals surface area contributed by atoms with Gasteiger partial charge in [-0.05, 0) is 51.0 Å². The second-order valence-corrected chi connectivity index (χ2v) is 5.77. The van der Waals surface area contributed by atoms with Gasteiger partial charge in [-0.25, -0.2) is 0 Å². The second-order valence-electron chi connectivity index (χ2n) is 5.77. The molecule has 0 aliphatic heterocycles. The molecule has 0 aliphatic rings. The largest absolute Gasteiger partial charge is 0.494 e. The molecule has 0 unspecified atom stereocenters. The molecule has 1 amide bonds. The van der Waals surface area contributed by atoms with Crippen LogP contribution in [0, 0.1) is 0 Å². The van der Waals surface area contributed by atoms with Gasteiger partial charge in [0.1, 0.15) is 5.75 Å². The molecule has 0 aromatic heterocycles. The molecule has 0 saturated heterocycles. The summed E-state index contributed by atoms with van der Waals surface area (Å²) in [5.74, 6) is 0.793. The fourth-order valence-electron chi connectivity index (χ4n) is 1.71. The number of carbonyl (C=O) groups excluding carboxylic acids is 1. The summed E-state index contributed by atoms with van der Waals surface area (Å²) >= 11 is 0. The quantitative estimate of drug-likeness (QED) is 0.724. The van der Waals surface area contributed by atoms with Gasteiger partial charge < -0.3 is 10.1 Å². The molecular weight excluding hydrogens is 250 g/mol. The van der Waals surface area contributed by atoms with Crippen molar-refractivity contribution in [1.82, 2.24) is 5.32 Å². The minimum absolute atomic E-state index is 0.0330. The maximum atomic E-state index is 12.1. The van der Waals surface area contributed by atoms with E-state index in [0.29, 0.717) is 5.56 Å². The summed E-state index contributed by atoms with van der Waals surface area (Å²) in [5, 5.41) is 3.02. The van der Waals surface area contributed by atoms with Crippen molar-refractivity contribution in [3.8, 4) is 5.75 Å². The number of carbonyl (C=O) groups is 1. The van der Waals surface area contributed by atoms with Gasteiger partial charge in [-0.1, -0.05) is 26.7 Å². The summed E-state index contributed by atoms with van der Waals surface area (Å²) in [5.41, 5.74) is 0.499. The van der Waals surface area contributed by atoms with E-state index < -0.39 is 0 Å². The Balaban J connectivity index is 2.51. The zero-order valence-corrected chi connectivity index (χ0v) is 13.2. The topological polar surface area (TPSA) is 38.3 Å². The van der Waals surface area contributed by atoms with E-state index in [4.69, 9.17) is 4.74 Å². The molecule has 1 N–H and O–H groups in total. The summed E-state index contributed by atoms with van der Waals surface area (Å²) < 4.78 is 5.63. The standard InChI is InChI=1S/C17H27NO2/c1-5-7-8-13-20-15-11-9-14(10-12-15)16(19)18-17(3,4)6-2/h9-12H,5-8,13H2,1-4H3,(H,18,19). The fraction of sp³-hybridized carbons (Fsp3) is 0.588. The SMILES string of the molecule is CCCCCOc1ccc(C(=O)NC(C)(C)CC)cc1. The van der Waals surface area contributed by atoms with E-state index in [2.05, 4.69) is 19.2 Å². The Morgan fingerprint density at radius 2 is 1.80 bits per heavy atom. The highest BCUT2D eigenvalue weighted by Crippen LogP contribution is 2.14. The minimum atomic E-state index is -0.174. The van der Waals surface area contributed by atoms with E-state index in [0.717, 1.165) is 25.2 Å². The Morgan fingerprint density at radius 1 is 1.15 bits per heavy atom. The van der Waals surface area contributed by atoms with Gasteiger partial charge in [-0.2, -0.15) is 0 Å². The van der Waals surface area contributed by atoms with Crippen LogP contribution in [0.5, 0.6) is 5.75 Å². The number of nitrogens with one attached hydrogen (secondary N) is 1. The number of hydrogen-bond donors (Lipinski definition) is 1. The van der Waals surface area contributed by atoms with Gasteiger partial charge in [0.15, 0.2) is 0 Å². The van der Waals surface area contributed by atoms with Gasteiger partial charge >= 0.3 is 0 Å². The van der Waals surface area contributed by atoms with Crippen molar-refractivity contribution < 1.29 is 9.53 Å². The molecule has 1 rings (SSSR count). The highest BCUT2D eigenvalue weighted by atomic mass is 16.5. The van der Waals surface area contributed by atoms with Crippen LogP contribution in [0.4, 0.5) is 0 Å². The number of ether oxygens (including phenoxy) is 1. The smallest absolute Gasteiger partial charge is 0.251 e. The molecule has 1 aromatic carbocycles. The first kappa shape index (κ1) is 16.5. The van der Waals surface area contributed by atoms with Crippen molar-refractivity contribution >= 4 is 5.91 Å². The number of amides is 1. The van der Waals surface area contributed by atoms with Crippen LogP contribution in [0.2, 0.25) is 0 Å². The molecule has 0 spiro atoms. The summed E-state index contributed by atoms with van der Waals surface area (Å²) in [6.45, 7) is 9.02. The van der Waals surface area contributed by atoms with Crippen molar-refractivity contribution in [2.75, 3.05) is 6.61 Å². The van der Waals surface area contributed by atoms with Gasteiger partial charge in [0.2, 0.25) is 0 Å². The predicted octanol–water partition coefficient (Wildman–Crippen LogP) is 4.17. The molecule has 0 bridgehead atoms. The van der Waals surface area contributed by atoms with Crippen LogP contribution < -0.4 is 10.1 Å². The first-order valence-corrected chi connectivity index (χ1v) is 7.54. The van der Waals surface area contributed by atoms with Crippen molar-refractivity contribution in [3.63, 3.8) is 0 Å². The van der Waals surface area contributed by atoms with Gasteiger partial charge in [-0.3, -0.25) is 4.79 Å². The van der Waals surface area contributed by atoms with Crippen molar-refractivity contribution in [3.05, 3.63) is 29.8 Å². The van der Waals surface area contributed by atoms with Gasteiger partial charge in [0.05, 0.1) is 6.61 Å². The summed E-state index contributed by atoms with van der Waals surface area (Å²) in [7, 11) is 0. The number of benzene rings is 1. The molecule has 3 nitrogen and oxygen atoms in total. The molecule has 0 heterocycles. The first-order chi connectivity index (χ1) is 9.48. The van der Waals surface area contributed by atoms with Gasteiger partial charge in [-0.15, -0.1) is 0 Å². The average Bonchev–Trinajstić information content (AvgIpc) is 2.44. The molecule has 1 aromatic rings. The third-order valence-corrected chi connectivity index (χ3v) is 3.47. The maximum absolute atomic E-state index is 12.1. The molecule has 0 saturated carbocycles. The van der Waals surface area contributed by atoms with Crippen LogP contribution >= 0.6 is 0 Å². The Kier molecular flexibility index (Phi) is 6.56. The predicted molar refractivity (Wildman–Crippen MR) is 83.3 cm³/mol. The first-order valence-electron chi connectivity index (χ1n) is 7.54. The van der Waals surface area contributed by atoms with E-state index >= 15 is 0 Å². The third kappa shape index (κ3) is 5.64. The van der Waals surface area contributed by atoms with Gasteiger partial charge in [0.25, 0.3) is 5.91 Å². The lowest BCUT2D eigenvalue weighted by molar-refractivity contribution is 0.0911. The Labute approximate surface area is 122 Å². The molecule has 20 heavy (non-hydrogen) atoms. The third-order valence-electron chi connectivity index (χ3n) is 3.47. The normalized spacial score (nSPS) is 11.2. The van der Waals surface area contributed by atoms with Crippen molar-refractivity contribution in [2.45, 2.75) is 58.9 Å². The zero-order chi connectivity index (χ0) is 15.0.